The van der Waals surface area contributed by atoms with Gasteiger partial charge in [0.15, 0.2) is 0 Å². The Bertz CT molecular complexity index is 501. The van der Waals surface area contributed by atoms with Crippen LogP contribution in [0, 0.1) is 5.92 Å². The number of nitrogens with zero attached hydrogens (tertiary/aromatic N) is 1. The monoisotopic (exact) mass is 283 g/mol. The number of benzene rings is 1. The summed E-state index contributed by atoms with van der Waals surface area (Å²) in [5, 5.41) is 3.78. The maximum atomic E-state index is 4.30. The van der Waals surface area contributed by atoms with Crippen LogP contribution in [0.15, 0.2) is 42.7 Å². The van der Waals surface area contributed by atoms with Gasteiger partial charge in [-0.05, 0) is 24.3 Å². The van der Waals surface area contributed by atoms with E-state index in [1.54, 1.807) is 0 Å². The number of rotatable bonds is 6. The van der Waals surface area contributed by atoms with Crippen LogP contribution in [0.4, 0.5) is 0 Å². The second-order valence-corrected chi connectivity index (χ2v) is 6.03. The molecule has 3 nitrogen and oxygen atoms in total. The molecule has 3 heteroatoms. The van der Waals surface area contributed by atoms with Crippen LogP contribution >= 0.6 is 0 Å². The molecule has 3 rings (SSSR count). The van der Waals surface area contributed by atoms with Gasteiger partial charge in [0.05, 0.1) is 0 Å². The maximum absolute atomic E-state index is 4.30. The molecule has 0 amide bonds. The molecule has 0 radical (unpaired) electrons. The molecule has 0 spiro atoms. The Kier molecular flexibility index (Phi) is 5.06. The predicted octanol–water partition coefficient (Wildman–Crippen LogP) is 3.86. The number of hydrogen-bond acceptors (Lipinski definition) is 2. The Hall–Kier alpha value is -1.61. The van der Waals surface area contributed by atoms with Gasteiger partial charge >= 0.3 is 0 Å². The van der Waals surface area contributed by atoms with Crippen molar-refractivity contribution in [1.29, 1.82) is 0 Å². The van der Waals surface area contributed by atoms with Crippen molar-refractivity contribution in [2.45, 2.75) is 44.6 Å². The molecule has 1 aliphatic carbocycles. The lowest BCUT2D eigenvalue weighted by atomic mass is 9.81. The average Bonchev–Trinajstić information content (AvgIpc) is 3.07. The minimum Gasteiger partial charge on any atom is -0.349 e. The molecule has 1 fully saturated rings. The summed E-state index contributed by atoms with van der Waals surface area (Å²) >= 11 is 0. The van der Waals surface area contributed by atoms with Crippen molar-refractivity contribution in [2.75, 3.05) is 6.54 Å². The first-order valence-electron chi connectivity index (χ1n) is 8.20. The Balaban J connectivity index is 1.63. The maximum Gasteiger partial charge on any atom is 0.107 e. The van der Waals surface area contributed by atoms with E-state index in [4.69, 9.17) is 0 Å². The normalized spacial score (nSPS) is 17.7. The van der Waals surface area contributed by atoms with E-state index in [1.807, 2.05) is 12.4 Å². The average molecular weight is 283 g/mol. The molecule has 1 aromatic heterocycles. The highest BCUT2D eigenvalue weighted by Gasteiger charge is 2.24. The highest BCUT2D eigenvalue weighted by molar-refractivity contribution is 5.20. The van der Waals surface area contributed by atoms with Gasteiger partial charge in [-0.2, -0.15) is 0 Å². The molecular formula is C18H25N3. The second-order valence-electron chi connectivity index (χ2n) is 6.03. The summed E-state index contributed by atoms with van der Waals surface area (Å²) in [7, 11) is 0. The molecular weight excluding hydrogens is 258 g/mol. The van der Waals surface area contributed by atoms with Crippen LogP contribution in [-0.4, -0.2) is 16.5 Å². The van der Waals surface area contributed by atoms with Crippen molar-refractivity contribution in [1.82, 2.24) is 15.3 Å². The quantitative estimate of drug-likeness (QED) is 0.845. The minimum absolute atomic E-state index is 0.487. The fourth-order valence-electron chi connectivity index (χ4n) is 3.47. The molecule has 1 saturated carbocycles. The highest BCUT2D eigenvalue weighted by Crippen LogP contribution is 2.34. The van der Waals surface area contributed by atoms with Gasteiger partial charge < -0.3 is 10.3 Å². The van der Waals surface area contributed by atoms with Crippen LogP contribution in [0.1, 0.15) is 49.5 Å². The van der Waals surface area contributed by atoms with Gasteiger partial charge in [-0.1, -0.05) is 49.6 Å². The zero-order valence-electron chi connectivity index (χ0n) is 12.6. The Morgan fingerprint density at radius 3 is 2.67 bits per heavy atom. The van der Waals surface area contributed by atoms with E-state index in [0.29, 0.717) is 6.04 Å². The summed E-state index contributed by atoms with van der Waals surface area (Å²) in [6.45, 7) is 0.976. The minimum atomic E-state index is 0.487. The van der Waals surface area contributed by atoms with E-state index < -0.39 is 0 Å². The molecule has 2 N–H and O–H groups in total. The van der Waals surface area contributed by atoms with Gasteiger partial charge in [0.25, 0.3) is 0 Å². The number of H-pyrrole nitrogens is 1. The van der Waals surface area contributed by atoms with Crippen LogP contribution in [0.5, 0.6) is 0 Å². The number of nitrogens with one attached hydrogen (secondary N) is 2. The molecule has 1 unspecified atom stereocenters. The van der Waals surface area contributed by atoms with E-state index >= 15 is 0 Å². The van der Waals surface area contributed by atoms with Gasteiger partial charge in [0.1, 0.15) is 5.82 Å². The fraction of sp³-hybridized carbons (Fsp3) is 0.500. The van der Waals surface area contributed by atoms with Crippen LogP contribution in [0.3, 0.4) is 0 Å². The Labute approximate surface area is 127 Å². The summed E-state index contributed by atoms with van der Waals surface area (Å²) in [5.74, 6) is 1.84. The second kappa shape index (κ2) is 7.41. The molecule has 21 heavy (non-hydrogen) atoms. The first kappa shape index (κ1) is 14.3. The zero-order valence-corrected chi connectivity index (χ0v) is 12.6. The third-order valence-electron chi connectivity index (χ3n) is 4.56. The van der Waals surface area contributed by atoms with E-state index in [0.717, 1.165) is 24.7 Å². The summed E-state index contributed by atoms with van der Waals surface area (Å²) in [6.07, 6.45) is 11.6. The Morgan fingerprint density at radius 2 is 1.95 bits per heavy atom. The van der Waals surface area contributed by atoms with Gasteiger partial charge in [0, 0.05) is 31.4 Å². The zero-order chi connectivity index (χ0) is 14.3. The summed E-state index contributed by atoms with van der Waals surface area (Å²) in [5.41, 5.74) is 1.43. The summed E-state index contributed by atoms with van der Waals surface area (Å²) < 4.78 is 0. The van der Waals surface area contributed by atoms with Crippen molar-refractivity contribution >= 4 is 0 Å². The standard InChI is InChI=1S/C18H25N3/c1-3-7-15(8-4-1)18(16-9-5-2-6-10-16)21-12-11-17-19-13-14-20-17/h1,3-4,7-8,13-14,16,18,21H,2,5-6,9-12H2,(H,19,20). The van der Waals surface area contributed by atoms with Crippen molar-refractivity contribution in [3.8, 4) is 0 Å². The summed E-state index contributed by atoms with van der Waals surface area (Å²) in [4.78, 5) is 7.48. The molecule has 1 aliphatic rings. The first-order valence-corrected chi connectivity index (χ1v) is 8.20. The lowest BCUT2D eigenvalue weighted by molar-refractivity contribution is 0.272. The number of hydrogen-bond donors (Lipinski definition) is 2. The summed E-state index contributed by atoms with van der Waals surface area (Å²) in [6, 6.07) is 11.4. The SMILES string of the molecule is c1ccc(C(NCCc2ncc[nH]2)C2CCCCC2)cc1. The van der Waals surface area contributed by atoms with Crippen LogP contribution in [0.2, 0.25) is 0 Å². The van der Waals surface area contributed by atoms with Gasteiger partial charge in [0.2, 0.25) is 0 Å². The molecule has 0 aliphatic heterocycles. The fourth-order valence-corrected chi connectivity index (χ4v) is 3.47. The molecule has 1 aromatic carbocycles. The van der Waals surface area contributed by atoms with Crippen LogP contribution in [0.25, 0.3) is 0 Å². The van der Waals surface area contributed by atoms with E-state index in [1.165, 1.54) is 37.7 Å². The smallest absolute Gasteiger partial charge is 0.107 e. The third-order valence-corrected chi connectivity index (χ3v) is 4.56. The molecule has 0 saturated heterocycles. The van der Waals surface area contributed by atoms with Gasteiger partial charge in [-0.25, -0.2) is 4.98 Å². The van der Waals surface area contributed by atoms with Crippen molar-refractivity contribution in [3.63, 3.8) is 0 Å². The Morgan fingerprint density at radius 1 is 1.14 bits per heavy atom. The lowest BCUT2D eigenvalue weighted by Gasteiger charge is -2.31. The predicted molar refractivity (Wildman–Crippen MR) is 86.1 cm³/mol. The van der Waals surface area contributed by atoms with E-state index in [2.05, 4.69) is 45.6 Å². The topological polar surface area (TPSA) is 40.7 Å². The number of aromatic nitrogens is 2. The van der Waals surface area contributed by atoms with Crippen molar-refractivity contribution < 1.29 is 0 Å². The largest absolute Gasteiger partial charge is 0.349 e. The van der Waals surface area contributed by atoms with E-state index in [9.17, 15) is 0 Å². The molecule has 1 heterocycles. The highest BCUT2D eigenvalue weighted by atomic mass is 14.9. The third kappa shape index (κ3) is 3.94. The van der Waals surface area contributed by atoms with Crippen LogP contribution in [-0.2, 0) is 6.42 Å². The molecule has 1 atom stereocenters. The number of aromatic amines is 1. The molecule has 0 bridgehead atoms. The number of imidazole rings is 1. The lowest BCUT2D eigenvalue weighted by Crippen LogP contribution is -2.31. The molecule has 112 valence electrons. The van der Waals surface area contributed by atoms with Crippen molar-refractivity contribution in [2.24, 2.45) is 5.92 Å². The van der Waals surface area contributed by atoms with E-state index in [-0.39, 0.29) is 0 Å². The van der Waals surface area contributed by atoms with Crippen molar-refractivity contribution in [3.05, 3.63) is 54.1 Å². The van der Waals surface area contributed by atoms with Gasteiger partial charge in [-0.15, -0.1) is 0 Å². The van der Waals surface area contributed by atoms with Gasteiger partial charge in [-0.3, -0.25) is 0 Å². The first-order chi connectivity index (χ1) is 10.4. The van der Waals surface area contributed by atoms with Crippen LogP contribution < -0.4 is 5.32 Å². The molecule has 2 aromatic rings.